The maximum atomic E-state index is 12.0. The highest BCUT2D eigenvalue weighted by molar-refractivity contribution is 7.92. The molecule has 0 saturated heterocycles. The van der Waals surface area contributed by atoms with Crippen LogP contribution in [0.5, 0.6) is 5.75 Å². The van der Waals surface area contributed by atoms with E-state index >= 15 is 0 Å². The second-order valence-electron chi connectivity index (χ2n) is 3.92. The number of phenolic OH excluding ortho intramolecular Hbond substituents is 1. The van der Waals surface area contributed by atoms with Crippen molar-refractivity contribution < 1.29 is 23.4 Å². The summed E-state index contributed by atoms with van der Waals surface area (Å²) in [7, 11) is -3.85. The van der Waals surface area contributed by atoms with Gasteiger partial charge in [0.25, 0.3) is 10.0 Å². The van der Waals surface area contributed by atoms with E-state index in [1.165, 1.54) is 24.3 Å². The Labute approximate surface area is 114 Å². The molecule has 0 amide bonds. The van der Waals surface area contributed by atoms with Gasteiger partial charge in [0, 0.05) is 11.9 Å². The summed E-state index contributed by atoms with van der Waals surface area (Å²) >= 11 is 0. The van der Waals surface area contributed by atoms with Gasteiger partial charge < -0.3 is 10.2 Å². The Morgan fingerprint density at radius 3 is 2.55 bits per heavy atom. The van der Waals surface area contributed by atoms with Crippen LogP contribution in [0.4, 0.5) is 5.69 Å². The van der Waals surface area contributed by atoms with Crippen molar-refractivity contribution in [3.63, 3.8) is 0 Å². The van der Waals surface area contributed by atoms with E-state index < -0.39 is 22.5 Å². The fraction of sp³-hybridized carbons (Fsp3) is 0.0909. The minimum absolute atomic E-state index is 0.0159. The fourth-order valence-corrected chi connectivity index (χ4v) is 2.46. The summed E-state index contributed by atoms with van der Waals surface area (Å²) in [6.45, 7) is -0.422. The Balaban J connectivity index is 2.19. The van der Waals surface area contributed by atoms with E-state index in [1.807, 2.05) is 0 Å². The summed E-state index contributed by atoms with van der Waals surface area (Å²) in [5.41, 5.74) is 0.272. The third-order valence-electron chi connectivity index (χ3n) is 2.34. The number of phenols is 1. The molecule has 0 aliphatic rings. The van der Waals surface area contributed by atoms with Crippen molar-refractivity contribution in [2.24, 2.45) is 0 Å². The van der Waals surface area contributed by atoms with Crippen LogP contribution in [-0.4, -0.2) is 34.4 Å². The van der Waals surface area contributed by atoms with Gasteiger partial charge >= 0.3 is 5.97 Å². The summed E-state index contributed by atoms with van der Waals surface area (Å²) in [6, 6.07) is 5.47. The van der Waals surface area contributed by atoms with E-state index in [0.717, 1.165) is 17.1 Å². The first-order valence-electron chi connectivity index (χ1n) is 5.43. The number of anilines is 1. The van der Waals surface area contributed by atoms with E-state index in [2.05, 4.69) is 9.82 Å². The lowest BCUT2D eigenvalue weighted by Crippen LogP contribution is -2.12. The first kappa shape index (κ1) is 13.9. The number of hydrogen-bond donors (Lipinski definition) is 3. The van der Waals surface area contributed by atoms with E-state index in [1.54, 1.807) is 0 Å². The van der Waals surface area contributed by atoms with E-state index in [9.17, 15) is 13.2 Å². The van der Waals surface area contributed by atoms with Gasteiger partial charge in [0.15, 0.2) is 0 Å². The molecule has 0 radical (unpaired) electrons. The molecular weight excluding hydrogens is 286 g/mol. The summed E-state index contributed by atoms with van der Waals surface area (Å²) in [4.78, 5) is 10.4. The molecule has 9 heteroatoms. The van der Waals surface area contributed by atoms with Crippen LogP contribution < -0.4 is 4.72 Å². The first-order chi connectivity index (χ1) is 9.37. The Kier molecular flexibility index (Phi) is 3.61. The van der Waals surface area contributed by atoms with Crippen LogP contribution >= 0.6 is 0 Å². The lowest BCUT2D eigenvalue weighted by atomic mass is 10.3. The molecule has 0 fully saturated rings. The van der Waals surface area contributed by atoms with Gasteiger partial charge in [-0.05, 0) is 24.3 Å². The normalized spacial score (nSPS) is 11.2. The number of carboxylic acids is 1. The Bertz CT molecular complexity index is 721. The monoisotopic (exact) mass is 297 g/mol. The third-order valence-corrected chi connectivity index (χ3v) is 3.67. The average Bonchev–Trinajstić information content (AvgIpc) is 2.80. The average molecular weight is 297 g/mol. The highest BCUT2D eigenvalue weighted by Crippen LogP contribution is 2.18. The number of aliphatic carboxylic acids is 1. The molecule has 0 aliphatic heterocycles. The van der Waals surface area contributed by atoms with Crippen LogP contribution in [0.3, 0.4) is 0 Å². The van der Waals surface area contributed by atoms with E-state index in [0.29, 0.717) is 0 Å². The number of hydrogen-bond acceptors (Lipinski definition) is 5. The predicted octanol–water partition coefficient (Wildman–Crippen LogP) is 0.474. The molecular formula is C11H11N3O5S. The van der Waals surface area contributed by atoms with Gasteiger partial charge in [-0.25, -0.2) is 8.42 Å². The molecule has 106 valence electrons. The van der Waals surface area contributed by atoms with Crippen molar-refractivity contribution in [1.82, 2.24) is 9.78 Å². The van der Waals surface area contributed by atoms with Crippen LogP contribution in [0.1, 0.15) is 0 Å². The minimum atomic E-state index is -3.85. The zero-order valence-electron chi connectivity index (χ0n) is 10.1. The van der Waals surface area contributed by atoms with Crippen molar-refractivity contribution >= 4 is 21.7 Å². The summed E-state index contributed by atoms with van der Waals surface area (Å²) in [6.07, 6.45) is 2.18. The molecule has 1 aromatic heterocycles. The van der Waals surface area contributed by atoms with Gasteiger partial charge in [-0.2, -0.15) is 5.10 Å². The Morgan fingerprint density at radius 2 is 1.95 bits per heavy atom. The van der Waals surface area contributed by atoms with Crippen molar-refractivity contribution in [1.29, 1.82) is 0 Å². The number of rotatable bonds is 5. The Hall–Kier alpha value is -2.55. The quantitative estimate of drug-likeness (QED) is 0.690. The number of benzene rings is 1. The van der Waals surface area contributed by atoms with Gasteiger partial charge in [0.05, 0.1) is 6.20 Å². The van der Waals surface area contributed by atoms with E-state index in [4.69, 9.17) is 10.2 Å². The van der Waals surface area contributed by atoms with Crippen molar-refractivity contribution in [2.45, 2.75) is 11.4 Å². The first-order valence-corrected chi connectivity index (χ1v) is 6.91. The van der Waals surface area contributed by atoms with Gasteiger partial charge in [-0.15, -0.1) is 0 Å². The van der Waals surface area contributed by atoms with Crippen molar-refractivity contribution in [3.8, 4) is 5.75 Å². The summed E-state index contributed by atoms with van der Waals surface area (Å²) in [5, 5.41) is 21.4. The SMILES string of the molecule is O=C(O)Cn1cc(S(=O)(=O)Nc2ccc(O)cc2)cn1. The van der Waals surface area contributed by atoms with E-state index in [-0.39, 0.29) is 16.3 Å². The molecule has 0 spiro atoms. The second kappa shape index (κ2) is 5.21. The molecule has 2 aromatic rings. The van der Waals surface area contributed by atoms with Gasteiger partial charge in [0.1, 0.15) is 17.2 Å². The molecule has 0 bridgehead atoms. The predicted molar refractivity (Wildman–Crippen MR) is 68.8 cm³/mol. The molecule has 0 atom stereocenters. The number of carbonyl (C=O) groups is 1. The molecule has 8 nitrogen and oxygen atoms in total. The number of aromatic nitrogens is 2. The van der Waals surface area contributed by atoms with Crippen LogP contribution in [0.15, 0.2) is 41.6 Å². The summed E-state index contributed by atoms with van der Waals surface area (Å²) in [5.74, 6) is -1.11. The molecule has 3 N–H and O–H groups in total. The van der Waals surface area contributed by atoms with Crippen molar-refractivity contribution in [2.75, 3.05) is 4.72 Å². The smallest absolute Gasteiger partial charge is 0.325 e. The maximum Gasteiger partial charge on any atom is 0.325 e. The number of nitrogens with zero attached hydrogens (tertiary/aromatic N) is 2. The number of carboxylic acid groups (broad SMARTS) is 1. The van der Waals surface area contributed by atoms with Crippen LogP contribution in [0.2, 0.25) is 0 Å². The van der Waals surface area contributed by atoms with Crippen LogP contribution in [0, 0.1) is 0 Å². The Morgan fingerprint density at radius 1 is 1.30 bits per heavy atom. The second-order valence-corrected chi connectivity index (χ2v) is 5.60. The largest absolute Gasteiger partial charge is 0.508 e. The minimum Gasteiger partial charge on any atom is -0.508 e. The molecule has 20 heavy (non-hydrogen) atoms. The lowest BCUT2D eigenvalue weighted by Gasteiger charge is -2.05. The molecule has 1 aromatic carbocycles. The standard InChI is InChI=1S/C11H11N3O5S/c15-9-3-1-8(2-4-9)13-20(18,19)10-5-12-14(6-10)7-11(16)17/h1-6,13,15H,7H2,(H,16,17). The number of nitrogens with one attached hydrogen (secondary N) is 1. The van der Waals surface area contributed by atoms with Gasteiger partial charge in [-0.3, -0.25) is 14.2 Å². The molecule has 0 saturated carbocycles. The zero-order chi connectivity index (χ0) is 14.8. The molecule has 1 heterocycles. The van der Waals surface area contributed by atoms with Crippen LogP contribution in [-0.2, 0) is 21.4 Å². The highest BCUT2D eigenvalue weighted by Gasteiger charge is 2.17. The van der Waals surface area contributed by atoms with Crippen molar-refractivity contribution in [3.05, 3.63) is 36.7 Å². The topological polar surface area (TPSA) is 122 Å². The molecule has 0 unspecified atom stereocenters. The number of aromatic hydroxyl groups is 1. The van der Waals surface area contributed by atoms with Gasteiger partial charge in [-0.1, -0.05) is 0 Å². The van der Waals surface area contributed by atoms with Crippen LogP contribution in [0.25, 0.3) is 0 Å². The highest BCUT2D eigenvalue weighted by atomic mass is 32.2. The molecule has 2 rings (SSSR count). The summed E-state index contributed by atoms with van der Waals surface area (Å²) < 4.78 is 27.3. The maximum absolute atomic E-state index is 12.0. The zero-order valence-corrected chi connectivity index (χ0v) is 10.9. The third kappa shape index (κ3) is 3.26. The van der Waals surface area contributed by atoms with Gasteiger partial charge in [0.2, 0.25) is 0 Å². The fourth-order valence-electron chi connectivity index (χ4n) is 1.45. The lowest BCUT2D eigenvalue weighted by molar-refractivity contribution is -0.137. The molecule has 0 aliphatic carbocycles. The number of sulfonamides is 1.